The van der Waals surface area contributed by atoms with E-state index < -0.39 is 41.8 Å². The molecule has 4 aliphatic heterocycles. The minimum absolute atomic E-state index is 0.0279. The molecule has 1 fully saturated rings. The number of nitriles is 1. The van der Waals surface area contributed by atoms with Crippen LogP contribution in [0.2, 0.25) is 0 Å². The molecular formula is C36H47N5O8. The number of likely N-dealkylation sites (N-methyl/N-ethyl adjacent to an activating group) is 1. The number of piperazine rings is 1. The summed E-state index contributed by atoms with van der Waals surface area (Å²) < 4.78 is 22.9. The molecule has 2 amide bonds. The summed E-state index contributed by atoms with van der Waals surface area (Å²) in [5, 5.41) is 39.9. The normalized spacial score (nSPS) is 24.6. The van der Waals surface area contributed by atoms with Crippen LogP contribution in [0.4, 0.5) is 4.79 Å². The highest BCUT2D eigenvalue weighted by atomic mass is 16.7. The third-order valence-electron chi connectivity index (χ3n) is 10.4. The van der Waals surface area contributed by atoms with E-state index in [0.29, 0.717) is 46.8 Å². The van der Waals surface area contributed by atoms with Crippen molar-refractivity contribution < 1.29 is 38.7 Å². The molecule has 1 saturated heterocycles. The zero-order chi connectivity index (χ0) is 35.7. The van der Waals surface area contributed by atoms with E-state index in [1.807, 2.05) is 33.9 Å². The van der Waals surface area contributed by atoms with Gasteiger partial charge in [0.1, 0.15) is 23.4 Å². The van der Waals surface area contributed by atoms with Crippen LogP contribution in [0.1, 0.15) is 80.1 Å². The van der Waals surface area contributed by atoms with Crippen LogP contribution in [0.25, 0.3) is 0 Å². The van der Waals surface area contributed by atoms with Gasteiger partial charge in [0, 0.05) is 40.9 Å². The number of amides is 2. The molecule has 6 atom stereocenters. The molecule has 4 N–H and O–H groups in total. The first-order valence-electron chi connectivity index (χ1n) is 16.8. The lowest BCUT2D eigenvalue weighted by Crippen LogP contribution is -2.69. The first kappa shape index (κ1) is 34.5. The molecular weight excluding hydrogens is 630 g/mol. The van der Waals surface area contributed by atoms with Gasteiger partial charge in [-0.05, 0) is 71.6 Å². The van der Waals surface area contributed by atoms with Crippen LogP contribution in [-0.4, -0.2) is 89.3 Å². The van der Waals surface area contributed by atoms with E-state index in [9.17, 15) is 25.1 Å². The first-order valence-corrected chi connectivity index (χ1v) is 16.8. The smallest absolute Gasteiger partial charge is 0.408 e. The van der Waals surface area contributed by atoms with E-state index in [0.717, 1.165) is 16.7 Å². The molecule has 0 saturated carbocycles. The molecule has 0 aliphatic carbocycles. The van der Waals surface area contributed by atoms with Crippen molar-refractivity contribution >= 4 is 12.0 Å². The molecule has 1 unspecified atom stereocenters. The Morgan fingerprint density at radius 3 is 2.43 bits per heavy atom. The van der Waals surface area contributed by atoms with Gasteiger partial charge in [-0.25, -0.2) is 4.79 Å². The largest absolute Gasteiger partial charge is 0.507 e. The summed E-state index contributed by atoms with van der Waals surface area (Å²) in [4.78, 5) is 30.8. The molecule has 13 nitrogen and oxygen atoms in total. The summed E-state index contributed by atoms with van der Waals surface area (Å²) in [6.45, 7) is 12.6. The Labute approximate surface area is 287 Å². The SMILES string of the molecule is COc1c(C)cc2c(c1O)[C@@H]1C3Cc4c(O)c(C)c5c(c4[C@H](CNC(=O)[C@@H](NC(=O)OC(C)(C)C)C(C)C)N3[C@@H](C#N)[C@H](C2)N1C)OCO5. The van der Waals surface area contributed by atoms with Crippen molar-refractivity contribution in [2.45, 2.75) is 103 Å². The number of aryl methyl sites for hydroxylation is 1. The van der Waals surface area contributed by atoms with Crippen LogP contribution in [0, 0.1) is 31.1 Å². The lowest BCUT2D eigenvalue weighted by Gasteiger charge is -2.60. The number of hydrogen-bond donors (Lipinski definition) is 4. The van der Waals surface area contributed by atoms with E-state index in [-0.39, 0.29) is 42.8 Å². The molecule has 264 valence electrons. The Kier molecular flexibility index (Phi) is 8.78. The number of carbonyl (C=O) groups excluding carboxylic acids is 2. The van der Waals surface area contributed by atoms with Crippen molar-refractivity contribution in [2.75, 3.05) is 27.5 Å². The Morgan fingerprint density at radius 1 is 1.10 bits per heavy atom. The van der Waals surface area contributed by atoms with Gasteiger partial charge in [0.2, 0.25) is 12.7 Å². The summed E-state index contributed by atoms with van der Waals surface area (Å²) >= 11 is 0. The van der Waals surface area contributed by atoms with E-state index in [4.69, 9.17) is 18.9 Å². The molecule has 0 spiro atoms. The molecule has 2 aromatic rings. The van der Waals surface area contributed by atoms with Crippen molar-refractivity contribution in [1.82, 2.24) is 20.4 Å². The molecule has 4 heterocycles. The van der Waals surface area contributed by atoms with Gasteiger partial charge < -0.3 is 39.8 Å². The molecule has 6 rings (SSSR count). The van der Waals surface area contributed by atoms with Crippen LogP contribution in [-0.2, 0) is 22.4 Å². The van der Waals surface area contributed by atoms with Crippen molar-refractivity contribution in [2.24, 2.45) is 5.92 Å². The predicted molar refractivity (Wildman–Crippen MR) is 179 cm³/mol. The predicted octanol–water partition coefficient (Wildman–Crippen LogP) is 3.89. The number of aromatic hydroxyl groups is 2. The van der Waals surface area contributed by atoms with Gasteiger partial charge in [0.25, 0.3) is 0 Å². The number of methoxy groups -OCH3 is 1. The van der Waals surface area contributed by atoms with E-state index in [1.54, 1.807) is 27.7 Å². The molecule has 13 heteroatoms. The third kappa shape index (κ3) is 5.64. The van der Waals surface area contributed by atoms with Gasteiger partial charge in [-0.15, -0.1) is 0 Å². The molecule has 2 aromatic carbocycles. The number of phenols is 2. The van der Waals surface area contributed by atoms with Gasteiger partial charge >= 0.3 is 6.09 Å². The van der Waals surface area contributed by atoms with Crippen molar-refractivity contribution in [3.05, 3.63) is 39.4 Å². The number of alkyl carbamates (subject to hydrolysis) is 1. The van der Waals surface area contributed by atoms with Crippen molar-refractivity contribution in [3.63, 3.8) is 0 Å². The average molecular weight is 678 g/mol. The second-order valence-corrected chi connectivity index (χ2v) is 14.9. The first-order chi connectivity index (χ1) is 23.1. The van der Waals surface area contributed by atoms with Gasteiger partial charge in [-0.1, -0.05) is 19.9 Å². The number of ether oxygens (including phenoxy) is 4. The Bertz CT molecular complexity index is 1730. The minimum atomic E-state index is -0.899. The maximum atomic E-state index is 13.8. The maximum absolute atomic E-state index is 13.8. The highest BCUT2D eigenvalue weighted by molar-refractivity contribution is 5.86. The fraction of sp³-hybridized carbons (Fsp3) is 0.583. The highest BCUT2D eigenvalue weighted by Crippen LogP contribution is 2.58. The Balaban J connectivity index is 1.45. The standard InChI is InChI=1S/C36H47N5O8/c1-16(2)27(39-35(45)49-36(5,6)7)34(44)38-14-24-26-20(29(42)18(4)32-33(26)48-15-47-32)12-22-28-25-19(10-17(3)31(46-9)30(25)43)11-21(40(28)8)23(13-37)41(22)24/h10,16,21-24,27-28,42-43H,11-12,14-15H2,1-9H3,(H,38,44)(H,39,45)/t21-,22?,23-,24-,27-,28-/m0/s1. The van der Waals surface area contributed by atoms with Crippen molar-refractivity contribution in [1.29, 1.82) is 5.26 Å². The van der Waals surface area contributed by atoms with E-state index in [2.05, 4.69) is 26.5 Å². The fourth-order valence-electron chi connectivity index (χ4n) is 8.32. The van der Waals surface area contributed by atoms with E-state index >= 15 is 0 Å². The molecule has 0 aromatic heterocycles. The zero-order valence-electron chi connectivity index (χ0n) is 29.6. The number of fused-ring (bicyclic) bond motifs is 9. The lowest BCUT2D eigenvalue weighted by molar-refractivity contribution is -0.125. The van der Waals surface area contributed by atoms with Crippen LogP contribution < -0.4 is 24.8 Å². The lowest BCUT2D eigenvalue weighted by atomic mass is 9.71. The third-order valence-corrected chi connectivity index (χ3v) is 10.4. The van der Waals surface area contributed by atoms with Gasteiger partial charge in [-0.3, -0.25) is 14.6 Å². The number of nitrogens with one attached hydrogen (secondary N) is 2. The molecule has 49 heavy (non-hydrogen) atoms. The number of benzene rings is 2. The average Bonchev–Trinajstić information content (AvgIpc) is 3.51. The van der Waals surface area contributed by atoms with Crippen LogP contribution in [0.5, 0.6) is 28.7 Å². The monoisotopic (exact) mass is 677 g/mol. The number of rotatable bonds is 6. The molecule has 2 bridgehead atoms. The van der Waals surface area contributed by atoms with Crippen LogP contribution in [0.3, 0.4) is 0 Å². The second kappa shape index (κ2) is 12.5. The van der Waals surface area contributed by atoms with Gasteiger partial charge in [-0.2, -0.15) is 5.26 Å². The topological polar surface area (TPSA) is 166 Å². The number of hydrogen-bond acceptors (Lipinski definition) is 11. The highest BCUT2D eigenvalue weighted by Gasteiger charge is 2.56. The summed E-state index contributed by atoms with van der Waals surface area (Å²) in [5.41, 5.74) is 3.60. The summed E-state index contributed by atoms with van der Waals surface area (Å²) in [5.74, 6) is 0.777. The zero-order valence-corrected chi connectivity index (χ0v) is 29.6. The Hall–Kier alpha value is -4.41. The van der Waals surface area contributed by atoms with E-state index in [1.165, 1.54) is 7.11 Å². The summed E-state index contributed by atoms with van der Waals surface area (Å²) in [6.07, 6.45) is 0.154. The number of nitrogens with zero attached hydrogens (tertiary/aromatic N) is 3. The van der Waals surface area contributed by atoms with Gasteiger partial charge in [0.15, 0.2) is 23.0 Å². The van der Waals surface area contributed by atoms with Gasteiger partial charge in [0.05, 0.1) is 25.3 Å². The summed E-state index contributed by atoms with van der Waals surface area (Å²) in [6, 6.07) is 1.44. The number of phenolic OH excluding ortho intramolecular Hbond substituents is 2. The maximum Gasteiger partial charge on any atom is 0.408 e. The Morgan fingerprint density at radius 2 is 1.80 bits per heavy atom. The van der Waals surface area contributed by atoms with Crippen LogP contribution >= 0.6 is 0 Å². The van der Waals surface area contributed by atoms with Crippen LogP contribution in [0.15, 0.2) is 6.07 Å². The second-order valence-electron chi connectivity index (χ2n) is 14.9. The summed E-state index contributed by atoms with van der Waals surface area (Å²) in [7, 11) is 3.50. The quantitative estimate of drug-likeness (QED) is 0.351. The minimum Gasteiger partial charge on any atom is -0.507 e. The van der Waals surface area contributed by atoms with Crippen molar-refractivity contribution in [3.8, 4) is 34.8 Å². The molecule has 0 radical (unpaired) electrons. The molecule has 4 aliphatic rings. The number of carbonyl (C=O) groups is 2. The fourth-order valence-corrected chi connectivity index (χ4v) is 8.32.